The van der Waals surface area contributed by atoms with Gasteiger partial charge in [-0.05, 0) is 41.3 Å². The zero-order valence-corrected chi connectivity index (χ0v) is 11.4. The zero-order chi connectivity index (χ0) is 11.5. The van der Waals surface area contributed by atoms with E-state index in [2.05, 4.69) is 15.9 Å². The fourth-order valence-electron chi connectivity index (χ4n) is 2.10. The summed E-state index contributed by atoms with van der Waals surface area (Å²) >= 11 is 4.92. The number of thiophene rings is 1. The van der Waals surface area contributed by atoms with Gasteiger partial charge < -0.3 is 10.6 Å². The molecule has 0 spiro atoms. The first kappa shape index (κ1) is 12.1. The van der Waals surface area contributed by atoms with Gasteiger partial charge in [0.25, 0.3) is 5.91 Å². The van der Waals surface area contributed by atoms with Crippen molar-refractivity contribution >= 4 is 33.2 Å². The van der Waals surface area contributed by atoms with Crippen molar-refractivity contribution in [3.05, 3.63) is 20.8 Å². The van der Waals surface area contributed by atoms with Crippen LogP contribution in [0.2, 0.25) is 0 Å². The van der Waals surface area contributed by atoms with Gasteiger partial charge in [0.1, 0.15) is 0 Å². The SMILES string of the molecule is NCC1CCCCN1C(=O)c1csc(Br)c1. The van der Waals surface area contributed by atoms with Crippen LogP contribution in [0.4, 0.5) is 0 Å². The number of hydrogen-bond acceptors (Lipinski definition) is 3. The molecule has 1 amide bonds. The number of carbonyl (C=O) groups excluding carboxylic acids is 1. The number of carbonyl (C=O) groups is 1. The van der Waals surface area contributed by atoms with Crippen molar-refractivity contribution in [2.75, 3.05) is 13.1 Å². The van der Waals surface area contributed by atoms with Crippen LogP contribution < -0.4 is 5.73 Å². The van der Waals surface area contributed by atoms with Crippen LogP contribution in [-0.2, 0) is 0 Å². The van der Waals surface area contributed by atoms with Gasteiger partial charge in [-0.2, -0.15) is 0 Å². The molecule has 1 unspecified atom stereocenters. The Balaban J connectivity index is 2.13. The minimum atomic E-state index is 0.122. The van der Waals surface area contributed by atoms with Crippen LogP contribution in [0.5, 0.6) is 0 Å². The average molecular weight is 303 g/mol. The van der Waals surface area contributed by atoms with E-state index in [-0.39, 0.29) is 11.9 Å². The maximum absolute atomic E-state index is 12.2. The number of piperidine rings is 1. The lowest BCUT2D eigenvalue weighted by atomic mass is 10.0. The maximum Gasteiger partial charge on any atom is 0.255 e. The highest BCUT2D eigenvalue weighted by Crippen LogP contribution is 2.24. The van der Waals surface area contributed by atoms with Gasteiger partial charge in [-0.3, -0.25) is 4.79 Å². The van der Waals surface area contributed by atoms with Crippen molar-refractivity contribution in [1.29, 1.82) is 0 Å². The molecule has 0 saturated carbocycles. The number of amides is 1. The fraction of sp³-hybridized carbons (Fsp3) is 0.545. The van der Waals surface area contributed by atoms with Gasteiger partial charge >= 0.3 is 0 Å². The highest BCUT2D eigenvalue weighted by atomic mass is 79.9. The quantitative estimate of drug-likeness (QED) is 0.912. The molecule has 1 aromatic rings. The second kappa shape index (κ2) is 5.29. The van der Waals surface area contributed by atoms with Crippen molar-refractivity contribution in [2.24, 2.45) is 5.73 Å². The lowest BCUT2D eigenvalue weighted by Crippen LogP contribution is -2.47. The molecule has 5 heteroatoms. The minimum Gasteiger partial charge on any atom is -0.334 e. The molecule has 1 saturated heterocycles. The normalized spacial score (nSPS) is 21.1. The molecule has 0 radical (unpaired) electrons. The van der Waals surface area contributed by atoms with E-state index >= 15 is 0 Å². The second-order valence-corrected chi connectivity index (χ2v) is 6.31. The van der Waals surface area contributed by atoms with Gasteiger partial charge in [-0.15, -0.1) is 11.3 Å². The lowest BCUT2D eigenvalue weighted by Gasteiger charge is -2.34. The van der Waals surface area contributed by atoms with E-state index in [1.54, 1.807) is 11.3 Å². The molecule has 2 N–H and O–H groups in total. The molecule has 1 aromatic heterocycles. The fourth-order valence-corrected chi connectivity index (χ4v) is 3.23. The van der Waals surface area contributed by atoms with Crippen molar-refractivity contribution in [3.63, 3.8) is 0 Å². The van der Waals surface area contributed by atoms with Gasteiger partial charge in [-0.25, -0.2) is 0 Å². The Morgan fingerprint density at radius 1 is 1.62 bits per heavy atom. The third-order valence-electron chi connectivity index (χ3n) is 2.97. The molecule has 1 aliphatic rings. The zero-order valence-electron chi connectivity index (χ0n) is 8.99. The number of rotatable bonds is 2. The molecule has 2 heterocycles. The summed E-state index contributed by atoms with van der Waals surface area (Å²) in [5.74, 6) is 0.122. The topological polar surface area (TPSA) is 46.3 Å². The van der Waals surface area contributed by atoms with E-state index < -0.39 is 0 Å². The third kappa shape index (κ3) is 2.47. The first-order chi connectivity index (χ1) is 7.72. The number of nitrogens with zero attached hydrogens (tertiary/aromatic N) is 1. The summed E-state index contributed by atoms with van der Waals surface area (Å²) in [7, 11) is 0. The number of hydrogen-bond donors (Lipinski definition) is 1. The Kier molecular flexibility index (Phi) is 4.00. The van der Waals surface area contributed by atoms with Gasteiger partial charge in [0.2, 0.25) is 0 Å². The molecule has 1 atom stereocenters. The molecule has 1 fully saturated rings. The standard InChI is InChI=1S/C11H15BrN2OS/c12-10-5-8(7-16-10)11(15)14-4-2-1-3-9(14)6-13/h5,7,9H,1-4,6,13H2. The molecular formula is C11H15BrN2OS. The maximum atomic E-state index is 12.2. The number of nitrogens with two attached hydrogens (primary N) is 1. The lowest BCUT2D eigenvalue weighted by molar-refractivity contribution is 0.0624. The van der Waals surface area contributed by atoms with Gasteiger partial charge in [0, 0.05) is 24.5 Å². The molecule has 16 heavy (non-hydrogen) atoms. The Bertz CT molecular complexity index is 380. The predicted molar refractivity (Wildman–Crippen MR) is 69.7 cm³/mol. The monoisotopic (exact) mass is 302 g/mol. The summed E-state index contributed by atoms with van der Waals surface area (Å²) in [6, 6.07) is 2.11. The van der Waals surface area contributed by atoms with Crippen LogP contribution in [0.15, 0.2) is 15.2 Å². The van der Waals surface area contributed by atoms with Crippen LogP contribution in [0.3, 0.4) is 0 Å². The van der Waals surface area contributed by atoms with Crippen LogP contribution in [0.1, 0.15) is 29.6 Å². The molecule has 3 nitrogen and oxygen atoms in total. The van der Waals surface area contributed by atoms with Crippen LogP contribution in [0.25, 0.3) is 0 Å². The van der Waals surface area contributed by atoms with Crippen molar-refractivity contribution in [2.45, 2.75) is 25.3 Å². The Hall–Kier alpha value is -0.390. The predicted octanol–water partition coefficient (Wildman–Crippen LogP) is 2.46. The van der Waals surface area contributed by atoms with E-state index in [9.17, 15) is 4.79 Å². The van der Waals surface area contributed by atoms with Crippen molar-refractivity contribution in [1.82, 2.24) is 4.90 Å². The summed E-state index contributed by atoms with van der Waals surface area (Å²) in [4.78, 5) is 14.2. The van der Waals surface area contributed by atoms with Gasteiger partial charge in [0.05, 0.1) is 9.35 Å². The summed E-state index contributed by atoms with van der Waals surface area (Å²) in [5, 5.41) is 1.90. The second-order valence-electron chi connectivity index (χ2n) is 4.02. The number of likely N-dealkylation sites (tertiary alicyclic amines) is 1. The molecule has 0 aliphatic carbocycles. The first-order valence-corrected chi connectivity index (χ1v) is 7.14. The molecule has 88 valence electrons. The minimum absolute atomic E-state index is 0.122. The Morgan fingerprint density at radius 2 is 2.44 bits per heavy atom. The van der Waals surface area contributed by atoms with Crippen LogP contribution in [-0.4, -0.2) is 29.9 Å². The van der Waals surface area contributed by atoms with E-state index in [1.807, 2.05) is 16.3 Å². The van der Waals surface area contributed by atoms with Crippen molar-refractivity contribution < 1.29 is 4.79 Å². The van der Waals surface area contributed by atoms with Crippen molar-refractivity contribution in [3.8, 4) is 0 Å². The summed E-state index contributed by atoms with van der Waals surface area (Å²) in [6.45, 7) is 1.41. The Labute approximate surface area is 108 Å². The highest BCUT2D eigenvalue weighted by Gasteiger charge is 2.26. The van der Waals surface area contributed by atoms with E-state index in [1.165, 1.54) is 6.42 Å². The third-order valence-corrected chi connectivity index (χ3v) is 4.48. The van der Waals surface area contributed by atoms with Crippen LogP contribution in [0, 0.1) is 0 Å². The summed E-state index contributed by atoms with van der Waals surface area (Å²) in [6.07, 6.45) is 3.31. The average Bonchev–Trinajstić information content (AvgIpc) is 2.75. The molecule has 2 rings (SSSR count). The van der Waals surface area contributed by atoms with E-state index in [4.69, 9.17) is 5.73 Å². The molecule has 0 bridgehead atoms. The number of halogens is 1. The molecule has 0 aromatic carbocycles. The molecular weight excluding hydrogens is 288 g/mol. The van der Waals surface area contributed by atoms with Gasteiger partial charge in [0.15, 0.2) is 0 Å². The summed E-state index contributed by atoms with van der Waals surface area (Å²) < 4.78 is 0.997. The summed E-state index contributed by atoms with van der Waals surface area (Å²) in [5.41, 5.74) is 6.49. The van der Waals surface area contributed by atoms with E-state index in [0.717, 1.165) is 28.7 Å². The van der Waals surface area contributed by atoms with Crippen LogP contribution >= 0.6 is 27.3 Å². The first-order valence-electron chi connectivity index (χ1n) is 5.47. The van der Waals surface area contributed by atoms with E-state index in [0.29, 0.717) is 6.54 Å². The Morgan fingerprint density at radius 3 is 3.06 bits per heavy atom. The van der Waals surface area contributed by atoms with Gasteiger partial charge in [-0.1, -0.05) is 0 Å². The smallest absolute Gasteiger partial charge is 0.255 e. The largest absolute Gasteiger partial charge is 0.334 e. The molecule has 1 aliphatic heterocycles. The highest BCUT2D eigenvalue weighted by molar-refractivity contribution is 9.11.